The molecule has 0 radical (unpaired) electrons. The summed E-state index contributed by atoms with van der Waals surface area (Å²) in [5.74, 6) is 0.967. The first-order chi connectivity index (χ1) is 9.61. The predicted octanol–water partition coefficient (Wildman–Crippen LogP) is 2.85. The molecule has 0 atom stereocenters. The second-order valence-electron chi connectivity index (χ2n) is 5.57. The average molecular weight is 298 g/mol. The van der Waals surface area contributed by atoms with E-state index in [1.165, 1.54) is 12.8 Å². The molecule has 0 spiro atoms. The number of methoxy groups -OCH3 is 1. The molecule has 1 aromatic heterocycles. The minimum absolute atomic E-state index is 0.378. The van der Waals surface area contributed by atoms with Gasteiger partial charge in [0.05, 0.1) is 11.6 Å². The van der Waals surface area contributed by atoms with E-state index in [1.54, 1.807) is 13.3 Å². The van der Waals surface area contributed by atoms with E-state index in [1.807, 2.05) is 0 Å². The summed E-state index contributed by atoms with van der Waals surface area (Å²) in [6, 6.07) is 3.15. The SMILES string of the molecule is COCCN(c1cc(CNC2CC2)c(Cl)cn1)C(C)C. The zero-order valence-electron chi connectivity index (χ0n) is 12.5. The van der Waals surface area contributed by atoms with Crippen molar-refractivity contribution in [3.8, 4) is 0 Å². The highest BCUT2D eigenvalue weighted by molar-refractivity contribution is 6.31. The lowest BCUT2D eigenvalue weighted by Crippen LogP contribution is -2.34. The fraction of sp³-hybridized carbons (Fsp3) is 0.667. The van der Waals surface area contributed by atoms with Crippen LogP contribution in [-0.2, 0) is 11.3 Å². The molecule has 0 aliphatic heterocycles. The molecule has 20 heavy (non-hydrogen) atoms. The van der Waals surface area contributed by atoms with Crippen molar-refractivity contribution in [2.45, 2.75) is 45.3 Å². The summed E-state index contributed by atoms with van der Waals surface area (Å²) >= 11 is 6.24. The van der Waals surface area contributed by atoms with E-state index in [0.29, 0.717) is 18.7 Å². The maximum atomic E-state index is 6.24. The van der Waals surface area contributed by atoms with Crippen molar-refractivity contribution in [2.75, 3.05) is 25.2 Å². The van der Waals surface area contributed by atoms with Crippen LogP contribution in [0.5, 0.6) is 0 Å². The topological polar surface area (TPSA) is 37.4 Å². The molecule has 1 heterocycles. The molecule has 1 aromatic rings. The Bertz CT molecular complexity index is 435. The van der Waals surface area contributed by atoms with Crippen LogP contribution in [0.4, 0.5) is 5.82 Å². The molecule has 0 aromatic carbocycles. The van der Waals surface area contributed by atoms with Crippen LogP contribution in [0.3, 0.4) is 0 Å². The standard InChI is InChI=1S/C15H24ClN3O/c1-11(2)19(6-7-20-3)15-8-12(14(16)10-18-15)9-17-13-4-5-13/h8,10-11,13,17H,4-7,9H2,1-3H3. The summed E-state index contributed by atoms with van der Waals surface area (Å²) in [5, 5.41) is 4.23. The van der Waals surface area contributed by atoms with Crippen LogP contribution in [0.25, 0.3) is 0 Å². The summed E-state index contributed by atoms with van der Waals surface area (Å²) in [6.45, 7) is 6.66. The van der Waals surface area contributed by atoms with Gasteiger partial charge >= 0.3 is 0 Å². The van der Waals surface area contributed by atoms with Crippen LogP contribution in [0.1, 0.15) is 32.3 Å². The Kier molecular flexibility index (Phi) is 5.64. The first kappa shape index (κ1) is 15.5. The first-order valence-corrected chi connectivity index (χ1v) is 7.63. The van der Waals surface area contributed by atoms with Crippen molar-refractivity contribution < 1.29 is 4.74 Å². The summed E-state index contributed by atoms with van der Waals surface area (Å²) in [4.78, 5) is 6.70. The number of nitrogens with zero attached hydrogens (tertiary/aromatic N) is 2. The minimum Gasteiger partial charge on any atom is -0.383 e. The quantitative estimate of drug-likeness (QED) is 0.801. The predicted molar refractivity (Wildman–Crippen MR) is 83.5 cm³/mol. The highest BCUT2D eigenvalue weighted by atomic mass is 35.5. The molecule has 1 saturated carbocycles. The van der Waals surface area contributed by atoms with Crippen LogP contribution < -0.4 is 10.2 Å². The summed E-state index contributed by atoms with van der Waals surface area (Å²) < 4.78 is 5.18. The lowest BCUT2D eigenvalue weighted by Gasteiger charge is -2.28. The Hall–Kier alpha value is -0.840. The number of hydrogen-bond donors (Lipinski definition) is 1. The number of halogens is 1. The molecule has 4 nitrogen and oxygen atoms in total. The zero-order chi connectivity index (χ0) is 14.5. The molecule has 112 valence electrons. The minimum atomic E-state index is 0.378. The number of pyridine rings is 1. The third-order valence-electron chi connectivity index (χ3n) is 3.53. The molecular weight excluding hydrogens is 274 g/mol. The first-order valence-electron chi connectivity index (χ1n) is 7.25. The number of aromatic nitrogens is 1. The van der Waals surface area contributed by atoms with E-state index >= 15 is 0 Å². The van der Waals surface area contributed by atoms with Gasteiger partial charge in [0, 0.05) is 38.5 Å². The van der Waals surface area contributed by atoms with Crippen molar-refractivity contribution in [1.29, 1.82) is 0 Å². The maximum Gasteiger partial charge on any atom is 0.129 e. The van der Waals surface area contributed by atoms with Gasteiger partial charge in [0.25, 0.3) is 0 Å². The highest BCUT2D eigenvalue weighted by Gasteiger charge is 2.21. The molecule has 1 aliphatic rings. The number of hydrogen-bond acceptors (Lipinski definition) is 4. The Morgan fingerprint density at radius 3 is 2.85 bits per heavy atom. The van der Waals surface area contributed by atoms with Gasteiger partial charge in [-0.2, -0.15) is 0 Å². The van der Waals surface area contributed by atoms with Crippen LogP contribution in [-0.4, -0.2) is 37.3 Å². The van der Waals surface area contributed by atoms with Gasteiger partial charge in [-0.3, -0.25) is 0 Å². The van der Waals surface area contributed by atoms with Crippen LogP contribution >= 0.6 is 11.6 Å². The van der Waals surface area contributed by atoms with Gasteiger partial charge in [0.2, 0.25) is 0 Å². The van der Waals surface area contributed by atoms with E-state index in [0.717, 1.165) is 29.5 Å². The van der Waals surface area contributed by atoms with Crippen LogP contribution in [0, 0.1) is 0 Å². The average Bonchev–Trinajstić information content (AvgIpc) is 3.23. The third-order valence-corrected chi connectivity index (χ3v) is 3.87. The molecule has 0 saturated heterocycles. The molecule has 0 unspecified atom stereocenters. The fourth-order valence-electron chi connectivity index (χ4n) is 2.13. The lowest BCUT2D eigenvalue weighted by molar-refractivity contribution is 0.203. The van der Waals surface area contributed by atoms with E-state index in [4.69, 9.17) is 16.3 Å². The summed E-state index contributed by atoms with van der Waals surface area (Å²) in [5.41, 5.74) is 1.12. The van der Waals surface area contributed by atoms with Gasteiger partial charge in [0.1, 0.15) is 5.82 Å². The molecule has 1 fully saturated rings. The second kappa shape index (κ2) is 7.25. The van der Waals surface area contributed by atoms with Gasteiger partial charge in [-0.25, -0.2) is 4.98 Å². The zero-order valence-corrected chi connectivity index (χ0v) is 13.3. The summed E-state index contributed by atoms with van der Waals surface area (Å²) in [6.07, 6.45) is 4.31. The highest BCUT2D eigenvalue weighted by Crippen LogP contribution is 2.24. The second-order valence-corrected chi connectivity index (χ2v) is 5.98. The molecular formula is C15H24ClN3O. The van der Waals surface area contributed by atoms with Crippen molar-refractivity contribution in [3.63, 3.8) is 0 Å². The van der Waals surface area contributed by atoms with E-state index in [-0.39, 0.29) is 0 Å². The van der Waals surface area contributed by atoms with Crippen molar-refractivity contribution in [1.82, 2.24) is 10.3 Å². The molecule has 1 N–H and O–H groups in total. The van der Waals surface area contributed by atoms with Gasteiger partial charge in [0.15, 0.2) is 0 Å². The van der Waals surface area contributed by atoms with Gasteiger partial charge < -0.3 is 15.0 Å². The van der Waals surface area contributed by atoms with Gasteiger partial charge in [-0.1, -0.05) is 11.6 Å². The largest absolute Gasteiger partial charge is 0.383 e. The molecule has 1 aliphatic carbocycles. The Labute approximate surface area is 126 Å². The van der Waals surface area contributed by atoms with E-state index in [9.17, 15) is 0 Å². The maximum absolute atomic E-state index is 6.24. The Morgan fingerprint density at radius 1 is 1.50 bits per heavy atom. The fourth-order valence-corrected chi connectivity index (χ4v) is 2.30. The smallest absolute Gasteiger partial charge is 0.129 e. The van der Waals surface area contributed by atoms with Crippen LogP contribution in [0.15, 0.2) is 12.3 Å². The normalized spacial score (nSPS) is 14.8. The number of ether oxygens (including phenoxy) is 1. The van der Waals surface area contributed by atoms with Crippen molar-refractivity contribution in [3.05, 3.63) is 22.8 Å². The van der Waals surface area contributed by atoms with E-state index in [2.05, 4.69) is 35.1 Å². The Balaban J connectivity index is 2.09. The van der Waals surface area contributed by atoms with Crippen LogP contribution in [0.2, 0.25) is 5.02 Å². The molecule has 2 rings (SSSR count). The van der Waals surface area contributed by atoms with Gasteiger partial charge in [-0.15, -0.1) is 0 Å². The Morgan fingerprint density at radius 2 is 2.25 bits per heavy atom. The van der Waals surface area contributed by atoms with Crippen molar-refractivity contribution >= 4 is 17.4 Å². The monoisotopic (exact) mass is 297 g/mol. The van der Waals surface area contributed by atoms with E-state index < -0.39 is 0 Å². The number of nitrogens with one attached hydrogen (secondary N) is 1. The molecule has 5 heteroatoms. The van der Waals surface area contributed by atoms with Gasteiger partial charge in [-0.05, 0) is 38.3 Å². The summed E-state index contributed by atoms with van der Waals surface area (Å²) in [7, 11) is 1.72. The lowest BCUT2D eigenvalue weighted by atomic mass is 10.2. The third kappa shape index (κ3) is 4.33. The number of rotatable bonds is 8. The number of anilines is 1. The molecule has 0 bridgehead atoms. The molecule has 0 amide bonds. The van der Waals surface area contributed by atoms with Crippen molar-refractivity contribution in [2.24, 2.45) is 0 Å².